The second-order valence-corrected chi connectivity index (χ2v) is 2.60. The summed E-state index contributed by atoms with van der Waals surface area (Å²) >= 11 is 0. The Labute approximate surface area is 59.1 Å². The molecule has 0 heterocycles. The van der Waals surface area contributed by atoms with Gasteiger partial charge in [-0.3, -0.25) is 4.79 Å². The molecule has 1 rings (SSSR count). The number of carbonyl (C=O) groups excluding carboxylic acids is 2. The Kier molecular flexibility index (Phi) is 2.35. The van der Waals surface area contributed by atoms with Gasteiger partial charge in [-0.1, -0.05) is 6.42 Å². The van der Waals surface area contributed by atoms with Crippen molar-refractivity contribution in [2.75, 3.05) is 0 Å². The lowest BCUT2D eigenvalue weighted by Gasteiger charge is -2.22. The van der Waals surface area contributed by atoms with Gasteiger partial charge in [-0.15, -0.1) is 4.99 Å². The van der Waals surface area contributed by atoms with Crippen molar-refractivity contribution in [3.63, 3.8) is 0 Å². The van der Waals surface area contributed by atoms with Gasteiger partial charge in [0.1, 0.15) is 0 Å². The molecule has 0 radical (unpaired) electrons. The number of nitrogens with zero attached hydrogens (tertiary/aromatic N) is 1. The molecule has 1 aliphatic rings. The molecule has 0 unspecified atom stereocenters. The minimum absolute atomic E-state index is 0.320. The van der Waals surface area contributed by atoms with Crippen LogP contribution in [0.2, 0.25) is 0 Å². The molecular weight excluding hydrogens is 130 g/mol. The van der Waals surface area contributed by atoms with Gasteiger partial charge < -0.3 is 0 Å². The van der Waals surface area contributed by atoms with Crippen molar-refractivity contribution in [3.05, 3.63) is 0 Å². The Morgan fingerprint density at radius 1 is 1.60 bits per heavy atom. The molecule has 3 nitrogen and oxygen atoms in total. The third-order valence-corrected chi connectivity index (χ3v) is 1.86. The SMILES string of the molecule is O=C=NC(=O)CC1CCC1. The van der Waals surface area contributed by atoms with Gasteiger partial charge in [0.05, 0.1) is 0 Å². The first-order valence-electron chi connectivity index (χ1n) is 3.43. The second kappa shape index (κ2) is 3.28. The van der Waals surface area contributed by atoms with E-state index in [4.69, 9.17) is 0 Å². The lowest BCUT2D eigenvalue weighted by molar-refractivity contribution is -0.119. The first kappa shape index (κ1) is 7.16. The zero-order chi connectivity index (χ0) is 7.40. The van der Waals surface area contributed by atoms with Crippen LogP contribution in [-0.4, -0.2) is 12.0 Å². The van der Waals surface area contributed by atoms with E-state index in [-0.39, 0.29) is 5.91 Å². The Balaban J connectivity index is 2.23. The van der Waals surface area contributed by atoms with E-state index >= 15 is 0 Å². The number of isocyanates is 1. The summed E-state index contributed by atoms with van der Waals surface area (Å²) in [5, 5.41) is 0. The maximum atomic E-state index is 10.6. The molecule has 0 N–H and O–H groups in total. The number of hydrogen-bond acceptors (Lipinski definition) is 2. The number of aliphatic imine (C=N–C) groups is 1. The average molecular weight is 139 g/mol. The smallest absolute Gasteiger partial charge is 0.256 e. The van der Waals surface area contributed by atoms with Gasteiger partial charge in [-0.2, -0.15) is 0 Å². The summed E-state index contributed by atoms with van der Waals surface area (Å²) in [6.45, 7) is 0. The molecule has 0 spiro atoms. The first-order valence-corrected chi connectivity index (χ1v) is 3.43. The Bertz CT molecular complexity index is 178. The molecule has 0 aromatic carbocycles. The fourth-order valence-electron chi connectivity index (χ4n) is 1.04. The third kappa shape index (κ3) is 1.78. The van der Waals surface area contributed by atoms with Crippen molar-refractivity contribution in [2.24, 2.45) is 10.9 Å². The van der Waals surface area contributed by atoms with Gasteiger partial charge in [-0.25, -0.2) is 4.79 Å². The number of amides is 1. The second-order valence-electron chi connectivity index (χ2n) is 2.60. The fraction of sp³-hybridized carbons (Fsp3) is 0.714. The molecule has 0 atom stereocenters. The maximum Gasteiger partial charge on any atom is 0.256 e. The van der Waals surface area contributed by atoms with Crippen LogP contribution in [0.5, 0.6) is 0 Å². The highest BCUT2D eigenvalue weighted by Gasteiger charge is 2.19. The van der Waals surface area contributed by atoms with Gasteiger partial charge >= 0.3 is 0 Å². The minimum atomic E-state index is -0.320. The molecule has 54 valence electrons. The van der Waals surface area contributed by atoms with E-state index in [0.717, 1.165) is 12.8 Å². The maximum absolute atomic E-state index is 10.6. The van der Waals surface area contributed by atoms with Crippen LogP contribution in [0, 0.1) is 5.92 Å². The fourth-order valence-corrected chi connectivity index (χ4v) is 1.04. The van der Waals surface area contributed by atoms with Gasteiger partial charge in [0.15, 0.2) is 0 Å². The summed E-state index contributed by atoms with van der Waals surface area (Å²) in [4.78, 5) is 23.2. The first-order chi connectivity index (χ1) is 4.83. The highest BCUT2D eigenvalue weighted by atomic mass is 16.2. The summed E-state index contributed by atoms with van der Waals surface area (Å²) in [7, 11) is 0. The van der Waals surface area contributed by atoms with Crippen molar-refractivity contribution in [3.8, 4) is 0 Å². The molecule has 3 heteroatoms. The molecule has 10 heavy (non-hydrogen) atoms. The van der Waals surface area contributed by atoms with Crippen LogP contribution >= 0.6 is 0 Å². The summed E-state index contributed by atoms with van der Waals surface area (Å²) in [5.41, 5.74) is 0. The van der Waals surface area contributed by atoms with Crippen LogP contribution < -0.4 is 0 Å². The molecule has 1 amide bonds. The molecule has 0 saturated heterocycles. The molecule has 0 aromatic rings. The summed E-state index contributed by atoms with van der Waals surface area (Å²) in [5.74, 6) is 0.171. The minimum Gasteiger partial charge on any atom is -0.272 e. The van der Waals surface area contributed by atoms with Crippen molar-refractivity contribution < 1.29 is 9.59 Å². The van der Waals surface area contributed by atoms with Crippen LogP contribution in [0.4, 0.5) is 0 Å². The van der Waals surface area contributed by atoms with Crippen molar-refractivity contribution in [1.82, 2.24) is 0 Å². The zero-order valence-corrected chi connectivity index (χ0v) is 5.67. The van der Waals surface area contributed by atoms with Crippen molar-refractivity contribution in [2.45, 2.75) is 25.7 Å². The van der Waals surface area contributed by atoms with Crippen molar-refractivity contribution >= 4 is 12.0 Å². The van der Waals surface area contributed by atoms with E-state index in [1.54, 1.807) is 0 Å². The highest BCUT2D eigenvalue weighted by molar-refractivity contribution is 5.81. The van der Waals surface area contributed by atoms with Crippen LogP contribution in [0.25, 0.3) is 0 Å². The Hall–Kier alpha value is -0.950. The van der Waals surface area contributed by atoms with Crippen LogP contribution in [0.1, 0.15) is 25.7 Å². The molecule has 0 aliphatic heterocycles. The van der Waals surface area contributed by atoms with E-state index in [0.29, 0.717) is 12.3 Å². The zero-order valence-electron chi connectivity index (χ0n) is 5.67. The molecule has 1 fully saturated rings. The van der Waals surface area contributed by atoms with E-state index in [9.17, 15) is 9.59 Å². The third-order valence-electron chi connectivity index (χ3n) is 1.86. The largest absolute Gasteiger partial charge is 0.272 e. The molecule has 1 saturated carbocycles. The molecule has 1 aliphatic carbocycles. The number of carbonyl (C=O) groups is 1. The summed E-state index contributed by atoms with van der Waals surface area (Å²) < 4.78 is 0. The van der Waals surface area contributed by atoms with E-state index in [2.05, 4.69) is 4.99 Å². The standard InChI is InChI=1S/C7H9NO2/c9-5-8-7(10)4-6-2-1-3-6/h6H,1-4H2. The Morgan fingerprint density at radius 2 is 2.30 bits per heavy atom. The lowest BCUT2D eigenvalue weighted by atomic mass is 9.83. The quantitative estimate of drug-likeness (QED) is 0.424. The van der Waals surface area contributed by atoms with Gasteiger partial charge in [0, 0.05) is 6.42 Å². The lowest BCUT2D eigenvalue weighted by Crippen LogP contribution is -2.14. The normalized spacial score (nSPS) is 17.2. The number of hydrogen-bond donors (Lipinski definition) is 0. The van der Waals surface area contributed by atoms with E-state index < -0.39 is 0 Å². The summed E-state index contributed by atoms with van der Waals surface area (Å²) in [6.07, 6.45) is 5.12. The molecular formula is C7H9NO2. The Morgan fingerprint density at radius 3 is 2.70 bits per heavy atom. The van der Waals surface area contributed by atoms with E-state index in [1.165, 1.54) is 12.5 Å². The van der Waals surface area contributed by atoms with Crippen LogP contribution in [-0.2, 0) is 9.59 Å². The van der Waals surface area contributed by atoms with Crippen LogP contribution in [0.3, 0.4) is 0 Å². The number of rotatable bonds is 2. The molecule has 0 aromatic heterocycles. The van der Waals surface area contributed by atoms with Crippen molar-refractivity contribution in [1.29, 1.82) is 0 Å². The predicted molar refractivity (Wildman–Crippen MR) is 35.1 cm³/mol. The van der Waals surface area contributed by atoms with E-state index in [1.807, 2.05) is 0 Å². The highest BCUT2D eigenvalue weighted by Crippen LogP contribution is 2.29. The topological polar surface area (TPSA) is 46.5 Å². The predicted octanol–water partition coefficient (Wildman–Crippen LogP) is 1.04. The van der Waals surface area contributed by atoms with Crippen LogP contribution in [0.15, 0.2) is 4.99 Å². The monoisotopic (exact) mass is 139 g/mol. The summed E-state index contributed by atoms with van der Waals surface area (Å²) in [6, 6.07) is 0. The van der Waals surface area contributed by atoms with Gasteiger partial charge in [-0.05, 0) is 18.8 Å². The van der Waals surface area contributed by atoms with Gasteiger partial charge in [0.2, 0.25) is 6.08 Å². The molecule has 0 bridgehead atoms. The van der Waals surface area contributed by atoms with Gasteiger partial charge in [0.25, 0.3) is 5.91 Å². The average Bonchev–Trinajstić information content (AvgIpc) is 1.80.